The van der Waals surface area contributed by atoms with E-state index in [0.29, 0.717) is 5.92 Å². The zero-order valence-corrected chi connectivity index (χ0v) is 16.7. The number of carbonyl (C=O) groups excluding carboxylic acids is 1. The summed E-state index contributed by atoms with van der Waals surface area (Å²) in [4.78, 5) is 14.3. The molecule has 0 aliphatic carbocycles. The Labute approximate surface area is 162 Å². The number of unbranched alkanes of at least 4 members (excludes halogenated alkanes) is 1. The summed E-state index contributed by atoms with van der Waals surface area (Å²) >= 11 is 0. The van der Waals surface area contributed by atoms with E-state index >= 15 is 0 Å². The van der Waals surface area contributed by atoms with Crippen molar-refractivity contribution in [1.82, 2.24) is 4.90 Å². The van der Waals surface area contributed by atoms with Gasteiger partial charge in [0.05, 0.1) is 5.92 Å². The maximum atomic E-state index is 13.3. The van der Waals surface area contributed by atoms with Crippen molar-refractivity contribution >= 4 is 14.0 Å². The van der Waals surface area contributed by atoms with Crippen molar-refractivity contribution in [2.45, 2.75) is 58.3 Å². The first kappa shape index (κ1) is 21.9. The van der Waals surface area contributed by atoms with Gasteiger partial charge in [-0.2, -0.15) is 0 Å². The lowest BCUT2D eigenvalue weighted by Gasteiger charge is -2.32. The van der Waals surface area contributed by atoms with Gasteiger partial charge < -0.3 is 9.55 Å². The molecule has 1 atom stereocenters. The van der Waals surface area contributed by atoms with E-state index in [1.165, 1.54) is 20.2 Å². The molecule has 1 saturated heterocycles. The van der Waals surface area contributed by atoms with Gasteiger partial charge in [-0.1, -0.05) is 25.8 Å². The van der Waals surface area contributed by atoms with Gasteiger partial charge in [-0.15, -0.1) is 0 Å². The van der Waals surface area contributed by atoms with Crippen LogP contribution in [0.5, 0.6) is 0 Å². The minimum Gasteiger partial charge on any atom is -0.543 e. The highest BCUT2D eigenvalue weighted by molar-refractivity contribution is 6.05. The zero-order chi connectivity index (χ0) is 19.6. The Bertz CT molecular complexity index is 592. The van der Waals surface area contributed by atoms with Gasteiger partial charge in [0.15, 0.2) is 11.6 Å². The number of carbonyl (C=O) groups is 1. The highest BCUT2D eigenvalue weighted by Crippen LogP contribution is 2.23. The lowest BCUT2D eigenvalue weighted by Crippen LogP contribution is -2.35. The maximum absolute atomic E-state index is 13.3. The lowest BCUT2D eigenvalue weighted by molar-refractivity contribution is -0.139. The van der Waals surface area contributed by atoms with E-state index in [1.807, 2.05) is 0 Å². The standard InChI is InChI=1S/C21H32BF2NO2/c1-2-3-5-18(21(26)27-22)6-4-11-25-12-9-16(10-13-25)14-17-7-8-19(23)20(24)15-17/h7-8,15-16,18H,2-6,9-14,22H2,1H3. The number of hydrogen-bond acceptors (Lipinski definition) is 3. The van der Waals surface area contributed by atoms with E-state index in [4.69, 9.17) is 4.65 Å². The summed E-state index contributed by atoms with van der Waals surface area (Å²) in [5.41, 5.74) is 0.879. The Morgan fingerprint density at radius 1 is 1.22 bits per heavy atom. The third kappa shape index (κ3) is 7.25. The van der Waals surface area contributed by atoms with Crippen molar-refractivity contribution in [1.29, 1.82) is 0 Å². The molecule has 0 bridgehead atoms. The molecule has 1 heterocycles. The molecule has 1 aliphatic heterocycles. The van der Waals surface area contributed by atoms with Crippen LogP contribution in [0.25, 0.3) is 0 Å². The number of halogens is 2. The average Bonchev–Trinajstić information content (AvgIpc) is 2.68. The molecule has 3 nitrogen and oxygen atoms in total. The number of piperidine rings is 1. The SMILES string of the molecule is BOC(=O)C(CCCC)CCCN1CCC(Cc2ccc(F)c(F)c2)CC1. The molecular weight excluding hydrogens is 347 g/mol. The fourth-order valence-electron chi connectivity index (χ4n) is 3.97. The molecule has 150 valence electrons. The Hall–Kier alpha value is -1.43. The molecule has 1 aliphatic rings. The number of hydrogen-bond donors (Lipinski definition) is 0. The van der Waals surface area contributed by atoms with Crippen molar-refractivity contribution in [3.8, 4) is 0 Å². The molecule has 1 aromatic carbocycles. The highest BCUT2D eigenvalue weighted by Gasteiger charge is 2.21. The van der Waals surface area contributed by atoms with Crippen LogP contribution in [0.2, 0.25) is 0 Å². The van der Waals surface area contributed by atoms with Crippen LogP contribution in [0.1, 0.15) is 57.4 Å². The van der Waals surface area contributed by atoms with Crippen LogP contribution in [-0.4, -0.2) is 38.6 Å². The van der Waals surface area contributed by atoms with Crippen LogP contribution in [0.15, 0.2) is 18.2 Å². The summed E-state index contributed by atoms with van der Waals surface area (Å²) in [6.45, 7) is 5.22. The Kier molecular flexibility index (Phi) is 9.25. The number of rotatable bonds is 10. The number of benzene rings is 1. The van der Waals surface area contributed by atoms with Gasteiger partial charge in [-0.05, 0) is 81.8 Å². The van der Waals surface area contributed by atoms with E-state index in [-0.39, 0.29) is 11.9 Å². The molecule has 2 rings (SSSR count). The van der Waals surface area contributed by atoms with Crippen molar-refractivity contribution < 1.29 is 18.2 Å². The second kappa shape index (κ2) is 11.4. The molecule has 0 aromatic heterocycles. The van der Waals surface area contributed by atoms with Crippen LogP contribution < -0.4 is 0 Å². The zero-order valence-electron chi connectivity index (χ0n) is 16.7. The Balaban J connectivity index is 1.69. The smallest absolute Gasteiger partial charge is 0.325 e. The van der Waals surface area contributed by atoms with Gasteiger partial charge in [-0.3, -0.25) is 4.79 Å². The van der Waals surface area contributed by atoms with E-state index < -0.39 is 11.6 Å². The normalized spacial score (nSPS) is 17.0. The summed E-state index contributed by atoms with van der Waals surface area (Å²) in [6.07, 6.45) is 7.95. The minimum absolute atomic E-state index is 0.0286. The van der Waals surface area contributed by atoms with Crippen molar-refractivity contribution in [3.63, 3.8) is 0 Å². The maximum Gasteiger partial charge on any atom is 0.325 e. The summed E-state index contributed by atoms with van der Waals surface area (Å²) in [7, 11) is 1.47. The predicted molar refractivity (Wildman–Crippen MR) is 106 cm³/mol. The Morgan fingerprint density at radius 3 is 2.56 bits per heavy atom. The first-order valence-electron chi connectivity index (χ1n) is 10.3. The van der Waals surface area contributed by atoms with Gasteiger partial charge >= 0.3 is 8.05 Å². The van der Waals surface area contributed by atoms with Crippen LogP contribution >= 0.6 is 0 Å². The van der Waals surface area contributed by atoms with Crippen molar-refractivity contribution in [2.75, 3.05) is 19.6 Å². The topological polar surface area (TPSA) is 29.5 Å². The molecule has 1 fully saturated rings. The molecule has 1 aromatic rings. The fraction of sp³-hybridized carbons (Fsp3) is 0.667. The molecule has 0 saturated carbocycles. The first-order valence-corrected chi connectivity index (χ1v) is 10.3. The molecule has 0 radical (unpaired) electrons. The van der Waals surface area contributed by atoms with Crippen LogP contribution in [-0.2, 0) is 15.9 Å². The Morgan fingerprint density at radius 2 is 1.93 bits per heavy atom. The first-order chi connectivity index (χ1) is 13.0. The van der Waals surface area contributed by atoms with Gasteiger partial charge in [0.25, 0.3) is 5.97 Å². The fourth-order valence-corrected chi connectivity index (χ4v) is 3.97. The van der Waals surface area contributed by atoms with Crippen LogP contribution in [0.3, 0.4) is 0 Å². The summed E-state index contributed by atoms with van der Waals surface area (Å²) in [5, 5.41) is 0. The largest absolute Gasteiger partial charge is 0.543 e. The monoisotopic (exact) mass is 379 g/mol. The highest BCUT2D eigenvalue weighted by atomic mass is 19.2. The van der Waals surface area contributed by atoms with E-state index in [1.54, 1.807) is 6.07 Å². The molecular formula is C21H32BF2NO2. The number of nitrogens with zero attached hydrogens (tertiary/aromatic N) is 1. The van der Waals surface area contributed by atoms with Gasteiger partial charge in [0.1, 0.15) is 0 Å². The van der Waals surface area contributed by atoms with Gasteiger partial charge in [-0.25, -0.2) is 8.78 Å². The summed E-state index contributed by atoms with van der Waals surface area (Å²) in [5.74, 6) is -1.06. The molecule has 0 N–H and O–H groups in total. The van der Waals surface area contributed by atoms with Crippen molar-refractivity contribution in [3.05, 3.63) is 35.4 Å². The van der Waals surface area contributed by atoms with Gasteiger partial charge in [0, 0.05) is 0 Å². The van der Waals surface area contributed by atoms with Crippen molar-refractivity contribution in [2.24, 2.45) is 11.8 Å². The second-order valence-electron chi connectivity index (χ2n) is 7.74. The quantitative estimate of drug-likeness (QED) is 0.578. The van der Waals surface area contributed by atoms with E-state index in [2.05, 4.69) is 11.8 Å². The molecule has 1 unspecified atom stereocenters. The van der Waals surface area contributed by atoms with E-state index in [0.717, 1.165) is 76.6 Å². The molecule has 0 spiro atoms. The van der Waals surface area contributed by atoms with Crippen LogP contribution in [0, 0.1) is 23.5 Å². The van der Waals surface area contributed by atoms with Gasteiger partial charge in [0.2, 0.25) is 0 Å². The molecule has 27 heavy (non-hydrogen) atoms. The van der Waals surface area contributed by atoms with E-state index in [9.17, 15) is 13.6 Å². The molecule has 6 heteroatoms. The summed E-state index contributed by atoms with van der Waals surface area (Å²) < 4.78 is 31.3. The van der Waals surface area contributed by atoms with Crippen LogP contribution in [0.4, 0.5) is 8.78 Å². The summed E-state index contributed by atoms with van der Waals surface area (Å²) in [6, 6.07) is 4.23. The number of likely N-dealkylation sites (tertiary alicyclic amines) is 1. The minimum atomic E-state index is -0.780. The average molecular weight is 379 g/mol. The molecule has 0 amide bonds. The third-order valence-electron chi connectivity index (χ3n) is 5.68. The lowest BCUT2D eigenvalue weighted by atomic mass is 9.90. The third-order valence-corrected chi connectivity index (χ3v) is 5.68. The predicted octanol–water partition coefficient (Wildman–Crippen LogP) is 3.90. The second-order valence-corrected chi connectivity index (χ2v) is 7.74.